The third-order valence-electron chi connectivity index (χ3n) is 2.38. The summed E-state index contributed by atoms with van der Waals surface area (Å²) in [6.45, 7) is 0. The SMILES string of the molecule is NC(c1ccccc1F)c1ccncc1F. The van der Waals surface area contributed by atoms with E-state index in [0.717, 1.165) is 6.20 Å². The predicted octanol–water partition coefficient (Wildman–Crippen LogP) is 2.41. The number of aromatic nitrogens is 1. The molecular formula is C12H10F2N2. The third-order valence-corrected chi connectivity index (χ3v) is 2.38. The van der Waals surface area contributed by atoms with Crippen LogP contribution in [0.5, 0.6) is 0 Å². The van der Waals surface area contributed by atoms with Gasteiger partial charge in [-0.25, -0.2) is 8.78 Å². The Morgan fingerprint density at radius 1 is 1.00 bits per heavy atom. The van der Waals surface area contributed by atoms with Crippen LogP contribution >= 0.6 is 0 Å². The Morgan fingerprint density at radius 3 is 2.38 bits per heavy atom. The van der Waals surface area contributed by atoms with Crippen molar-refractivity contribution in [2.75, 3.05) is 0 Å². The molecule has 0 fully saturated rings. The molecule has 82 valence electrons. The Labute approximate surface area is 91.7 Å². The second-order valence-electron chi connectivity index (χ2n) is 3.40. The lowest BCUT2D eigenvalue weighted by Crippen LogP contribution is -2.15. The molecule has 0 aliphatic rings. The molecule has 2 aromatic rings. The molecule has 1 heterocycles. The van der Waals surface area contributed by atoms with E-state index in [-0.39, 0.29) is 11.1 Å². The first-order valence-electron chi connectivity index (χ1n) is 4.79. The van der Waals surface area contributed by atoms with Crippen molar-refractivity contribution in [3.8, 4) is 0 Å². The van der Waals surface area contributed by atoms with E-state index in [2.05, 4.69) is 4.98 Å². The van der Waals surface area contributed by atoms with Crippen molar-refractivity contribution >= 4 is 0 Å². The first kappa shape index (κ1) is 10.7. The lowest BCUT2D eigenvalue weighted by molar-refractivity contribution is 0.572. The number of nitrogens with zero attached hydrogens (tertiary/aromatic N) is 1. The van der Waals surface area contributed by atoms with Gasteiger partial charge in [0, 0.05) is 17.3 Å². The van der Waals surface area contributed by atoms with Crippen LogP contribution in [0.15, 0.2) is 42.7 Å². The Hall–Kier alpha value is -1.81. The van der Waals surface area contributed by atoms with Gasteiger partial charge in [0.15, 0.2) is 0 Å². The number of rotatable bonds is 2. The number of hydrogen-bond donors (Lipinski definition) is 1. The minimum absolute atomic E-state index is 0.236. The fourth-order valence-electron chi connectivity index (χ4n) is 1.53. The minimum atomic E-state index is -0.816. The summed E-state index contributed by atoms with van der Waals surface area (Å²) >= 11 is 0. The number of nitrogens with two attached hydrogens (primary N) is 1. The predicted molar refractivity (Wildman–Crippen MR) is 56.6 cm³/mol. The highest BCUT2D eigenvalue weighted by atomic mass is 19.1. The van der Waals surface area contributed by atoms with E-state index >= 15 is 0 Å². The van der Waals surface area contributed by atoms with E-state index in [0.29, 0.717) is 0 Å². The zero-order valence-electron chi connectivity index (χ0n) is 8.40. The fraction of sp³-hybridized carbons (Fsp3) is 0.0833. The molecule has 1 aromatic carbocycles. The van der Waals surface area contributed by atoms with Crippen LogP contribution in [0.25, 0.3) is 0 Å². The van der Waals surface area contributed by atoms with E-state index in [4.69, 9.17) is 5.73 Å². The molecular weight excluding hydrogens is 210 g/mol. The van der Waals surface area contributed by atoms with Gasteiger partial charge in [-0.15, -0.1) is 0 Å². The van der Waals surface area contributed by atoms with Crippen LogP contribution in [-0.4, -0.2) is 4.98 Å². The maximum Gasteiger partial charge on any atom is 0.146 e. The lowest BCUT2D eigenvalue weighted by atomic mass is 10.00. The summed E-state index contributed by atoms with van der Waals surface area (Å²) < 4.78 is 26.8. The third kappa shape index (κ3) is 1.92. The average Bonchev–Trinajstić information content (AvgIpc) is 2.29. The standard InChI is InChI=1S/C12H10F2N2/c13-10-4-2-1-3-8(10)12(15)9-5-6-16-7-11(9)14/h1-7,12H,15H2. The fourth-order valence-corrected chi connectivity index (χ4v) is 1.53. The Balaban J connectivity index is 2.44. The molecule has 0 bridgehead atoms. The first-order valence-corrected chi connectivity index (χ1v) is 4.79. The van der Waals surface area contributed by atoms with Crippen molar-refractivity contribution in [2.24, 2.45) is 5.73 Å². The average molecular weight is 220 g/mol. The van der Waals surface area contributed by atoms with Gasteiger partial charge in [0.1, 0.15) is 11.6 Å². The lowest BCUT2D eigenvalue weighted by Gasteiger charge is -2.13. The molecule has 16 heavy (non-hydrogen) atoms. The highest BCUT2D eigenvalue weighted by Crippen LogP contribution is 2.23. The summed E-state index contributed by atoms with van der Waals surface area (Å²) in [5.74, 6) is -0.968. The Kier molecular flexibility index (Phi) is 2.92. The maximum atomic E-state index is 13.4. The molecule has 1 aromatic heterocycles. The number of benzene rings is 1. The number of pyridine rings is 1. The highest BCUT2D eigenvalue weighted by molar-refractivity contribution is 5.31. The summed E-state index contributed by atoms with van der Waals surface area (Å²) in [7, 11) is 0. The molecule has 2 rings (SSSR count). The normalized spacial score (nSPS) is 12.4. The minimum Gasteiger partial charge on any atom is -0.320 e. The molecule has 0 aliphatic heterocycles. The zero-order chi connectivity index (χ0) is 11.5. The van der Waals surface area contributed by atoms with Gasteiger partial charge in [-0.05, 0) is 12.1 Å². The van der Waals surface area contributed by atoms with Gasteiger partial charge >= 0.3 is 0 Å². The molecule has 0 saturated carbocycles. The maximum absolute atomic E-state index is 13.4. The Bertz CT molecular complexity index is 454. The summed E-state index contributed by atoms with van der Waals surface area (Å²) in [6.07, 6.45) is 2.50. The van der Waals surface area contributed by atoms with E-state index < -0.39 is 17.7 Å². The van der Waals surface area contributed by atoms with E-state index in [1.807, 2.05) is 0 Å². The van der Waals surface area contributed by atoms with Crippen molar-refractivity contribution in [1.82, 2.24) is 4.98 Å². The summed E-state index contributed by atoms with van der Waals surface area (Å²) in [5, 5.41) is 0. The monoisotopic (exact) mass is 220 g/mol. The summed E-state index contributed by atoms with van der Waals surface area (Å²) in [4.78, 5) is 3.62. The van der Waals surface area contributed by atoms with Gasteiger partial charge < -0.3 is 5.73 Å². The molecule has 0 aliphatic carbocycles. The second-order valence-corrected chi connectivity index (χ2v) is 3.40. The summed E-state index contributed by atoms with van der Waals surface area (Å²) in [5.41, 5.74) is 6.32. The zero-order valence-corrected chi connectivity index (χ0v) is 8.40. The van der Waals surface area contributed by atoms with Crippen molar-refractivity contribution < 1.29 is 8.78 Å². The first-order chi connectivity index (χ1) is 7.70. The van der Waals surface area contributed by atoms with Crippen LogP contribution in [0, 0.1) is 11.6 Å². The molecule has 1 atom stereocenters. The van der Waals surface area contributed by atoms with Crippen LogP contribution in [0.3, 0.4) is 0 Å². The smallest absolute Gasteiger partial charge is 0.146 e. The molecule has 0 saturated heterocycles. The van der Waals surface area contributed by atoms with Gasteiger partial charge in [0.05, 0.1) is 12.2 Å². The van der Waals surface area contributed by atoms with Crippen molar-refractivity contribution in [1.29, 1.82) is 0 Å². The van der Waals surface area contributed by atoms with Crippen LogP contribution < -0.4 is 5.73 Å². The largest absolute Gasteiger partial charge is 0.320 e. The van der Waals surface area contributed by atoms with Crippen LogP contribution in [0.1, 0.15) is 17.2 Å². The van der Waals surface area contributed by atoms with Crippen molar-refractivity contribution in [2.45, 2.75) is 6.04 Å². The highest BCUT2D eigenvalue weighted by Gasteiger charge is 2.16. The second kappa shape index (κ2) is 4.37. The molecule has 4 heteroatoms. The molecule has 1 unspecified atom stereocenters. The van der Waals surface area contributed by atoms with Gasteiger partial charge in [0.25, 0.3) is 0 Å². The van der Waals surface area contributed by atoms with Gasteiger partial charge in [0.2, 0.25) is 0 Å². The summed E-state index contributed by atoms with van der Waals surface area (Å²) in [6, 6.07) is 6.70. The number of halogens is 2. The van der Waals surface area contributed by atoms with E-state index in [1.54, 1.807) is 18.2 Å². The quantitative estimate of drug-likeness (QED) is 0.844. The van der Waals surface area contributed by atoms with Crippen LogP contribution in [-0.2, 0) is 0 Å². The molecule has 0 amide bonds. The molecule has 0 spiro atoms. The van der Waals surface area contributed by atoms with Gasteiger partial charge in [-0.3, -0.25) is 4.98 Å². The van der Waals surface area contributed by atoms with Gasteiger partial charge in [-0.1, -0.05) is 18.2 Å². The topological polar surface area (TPSA) is 38.9 Å². The van der Waals surface area contributed by atoms with Crippen molar-refractivity contribution in [3.05, 3.63) is 65.5 Å². The van der Waals surface area contributed by atoms with E-state index in [1.165, 1.54) is 18.3 Å². The van der Waals surface area contributed by atoms with Crippen molar-refractivity contribution in [3.63, 3.8) is 0 Å². The van der Waals surface area contributed by atoms with E-state index in [9.17, 15) is 8.78 Å². The molecule has 2 N–H and O–H groups in total. The van der Waals surface area contributed by atoms with Crippen LogP contribution in [0.2, 0.25) is 0 Å². The Morgan fingerprint density at radius 2 is 1.69 bits per heavy atom. The molecule has 2 nitrogen and oxygen atoms in total. The van der Waals surface area contributed by atoms with Gasteiger partial charge in [-0.2, -0.15) is 0 Å². The van der Waals surface area contributed by atoms with Crippen LogP contribution in [0.4, 0.5) is 8.78 Å². The molecule has 0 radical (unpaired) electrons. The number of hydrogen-bond acceptors (Lipinski definition) is 2.